The number of hydrogen-bond donors (Lipinski definition) is 2. The Morgan fingerprint density at radius 1 is 1.38 bits per heavy atom. The van der Waals surface area contributed by atoms with Gasteiger partial charge in [0.25, 0.3) is 5.91 Å². The number of nitrogens with two attached hydrogens (primary N) is 1. The zero-order chi connectivity index (χ0) is 15.8. The highest BCUT2D eigenvalue weighted by molar-refractivity contribution is 6.31. The molecule has 0 saturated heterocycles. The summed E-state index contributed by atoms with van der Waals surface area (Å²) >= 11 is 5.81. The van der Waals surface area contributed by atoms with Crippen molar-refractivity contribution >= 4 is 29.2 Å². The monoisotopic (exact) mass is 314 g/mol. The van der Waals surface area contributed by atoms with Crippen LogP contribution >= 0.6 is 11.6 Å². The van der Waals surface area contributed by atoms with Crippen LogP contribution in [0, 0.1) is 0 Å². The lowest BCUT2D eigenvalue weighted by Gasteiger charge is -2.13. The first-order valence-corrected chi connectivity index (χ1v) is 6.85. The molecule has 0 aliphatic rings. The van der Waals surface area contributed by atoms with Crippen molar-refractivity contribution in [2.45, 2.75) is 19.4 Å². The Morgan fingerprint density at radius 3 is 2.71 bits per heavy atom. The fraction of sp³-hybridized carbons (Fsp3) is 0.429. The summed E-state index contributed by atoms with van der Waals surface area (Å²) in [5.74, 6) is -1.02. The summed E-state index contributed by atoms with van der Waals surface area (Å²) in [6.45, 7) is 2.51. The summed E-state index contributed by atoms with van der Waals surface area (Å²) in [4.78, 5) is 23.6. The second-order valence-electron chi connectivity index (χ2n) is 4.46. The average Bonchev–Trinajstić information content (AvgIpc) is 2.42. The standard InChI is InChI=1S/C14H19ClN2O4/c1-9(13(18)17-4-3-5-20-2)21-14(19)10-6-11(15)8-12(16)7-10/h6-9H,3-5,16H2,1-2H3,(H,17,18). The normalized spacial score (nSPS) is 11.8. The van der Waals surface area contributed by atoms with Gasteiger partial charge >= 0.3 is 5.97 Å². The predicted octanol–water partition coefficient (Wildman–Crippen LogP) is 1.62. The van der Waals surface area contributed by atoms with Crippen LogP contribution in [0.15, 0.2) is 18.2 Å². The van der Waals surface area contributed by atoms with Crippen LogP contribution in [0.2, 0.25) is 5.02 Å². The molecular formula is C14H19ClN2O4. The molecule has 21 heavy (non-hydrogen) atoms. The second-order valence-corrected chi connectivity index (χ2v) is 4.89. The first kappa shape index (κ1) is 17.3. The average molecular weight is 315 g/mol. The molecule has 116 valence electrons. The zero-order valence-corrected chi connectivity index (χ0v) is 12.8. The molecule has 1 amide bonds. The molecule has 0 fully saturated rings. The van der Waals surface area contributed by atoms with Gasteiger partial charge in [0.15, 0.2) is 6.10 Å². The number of halogens is 1. The van der Waals surface area contributed by atoms with Gasteiger partial charge in [-0.2, -0.15) is 0 Å². The van der Waals surface area contributed by atoms with E-state index >= 15 is 0 Å². The van der Waals surface area contributed by atoms with Crippen LogP contribution in [-0.4, -0.2) is 38.2 Å². The smallest absolute Gasteiger partial charge is 0.339 e. The van der Waals surface area contributed by atoms with Crippen LogP contribution < -0.4 is 11.1 Å². The number of nitrogen functional groups attached to an aromatic ring is 1. The number of methoxy groups -OCH3 is 1. The fourth-order valence-electron chi connectivity index (χ4n) is 1.58. The van der Waals surface area contributed by atoms with Gasteiger partial charge in [-0.05, 0) is 31.5 Å². The Morgan fingerprint density at radius 2 is 2.10 bits per heavy atom. The summed E-state index contributed by atoms with van der Waals surface area (Å²) in [7, 11) is 1.59. The molecule has 0 aliphatic heterocycles. The Kier molecular flexibility index (Phi) is 6.98. The molecule has 0 saturated carbocycles. The summed E-state index contributed by atoms with van der Waals surface area (Å²) in [6, 6.07) is 4.39. The van der Waals surface area contributed by atoms with E-state index in [-0.39, 0.29) is 11.5 Å². The number of anilines is 1. The highest BCUT2D eigenvalue weighted by Gasteiger charge is 2.19. The maximum absolute atomic E-state index is 11.9. The van der Waals surface area contributed by atoms with Gasteiger partial charge in [-0.15, -0.1) is 0 Å². The van der Waals surface area contributed by atoms with E-state index in [2.05, 4.69) is 5.32 Å². The van der Waals surface area contributed by atoms with Crippen molar-refractivity contribution in [2.24, 2.45) is 0 Å². The Hall–Kier alpha value is -1.79. The first-order valence-electron chi connectivity index (χ1n) is 6.47. The molecule has 7 heteroatoms. The number of benzene rings is 1. The molecule has 0 heterocycles. The van der Waals surface area contributed by atoms with Gasteiger partial charge in [-0.1, -0.05) is 11.6 Å². The van der Waals surface area contributed by atoms with Crippen molar-refractivity contribution in [1.29, 1.82) is 0 Å². The van der Waals surface area contributed by atoms with Crippen molar-refractivity contribution in [3.63, 3.8) is 0 Å². The number of esters is 1. The van der Waals surface area contributed by atoms with E-state index in [1.165, 1.54) is 25.1 Å². The maximum atomic E-state index is 11.9. The minimum absolute atomic E-state index is 0.207. The Labute approximate surface area is 128 Å². The second kappa shape index (κ2) is 8.49. The molecule has 1 rings (SSSR count). The minimum atomic E-state index is -0.903. The maximum Gasteiger partial charge on any atom is 0.339 e. The van der Waals surface area contributed by atoms with Crippen LogP contribution in [-0.2, 0) is 14.3 Å². The largest absolute Gasteiger partial charge is 0.449 e. The molecule has 1 atom stereocenters. The van der Waals surface area contributed by atoms with E-state index in [0.717, 1.165) is 0 Å². The molecule has 0 radical (unpaired) electrons. The lowest BCUT2D eigenvalue weighted by atomic mass is 10.2. The summed E-state index contributed by atoms with van der Waals surface area (Å²) < 4.78 is 9.94. The quantitative estimate of drug-likeness (QED) is 0.453. The third-order valence-corrected chi connectivity index (χ3v) is 2.85. The van der Waals surface area contributed by atoms with Crippen LogP contribution in [0.1, 0.15) is 23.7 Å². The highest BCUT2D eigenvalue weighted by Crippen LogP contribution is 2.17. The highest BCUT2D eigenvalue weighted by atomic mass is 35.5. The molecular weight excluding hydrogens is 296 g/mol. The number of carbonyl (C=O) groups is 2. The molecule has 0 aromatic heterocycles. The van der Waals surface area contributed by atoms with Crippen LogP contribution in [0.5, 0.6) is 0 Å². The lowest BCUT2D eigenvalue weighted by molar-refractivity contribution is -0.129. The van der Waals surface area contributed by atoms with Gasteiger partial charge in [0.05, 0.1) is 5.56 Å². The van der Waals surface area contributed by atoms with Gasteiger partial charge in [-0.3, -0.25) is 4.79 Å². The molecule has 3 N–H and O–H groups in total. The van der Waals surface area contributed by atoms with Crippen LogP contribution in [0.4, 0.5) is 5.69 Å². The van der Waals surface area contributed by atoms with E-state index in [0.29, 0.717) is 30.3 Å². The van der Waals surface area contributed by atoms with Gasteiger partial charge in [0.1, 0.15) is 0 Å². The Balaban J connectivity index is 2.51. The van der Waals surface area contributed by atoms with Crippen LogP contribution in [0.3, 0.4) is 0 Å². The number of nitrogens with one attached hydrogen (secondary N) is 1. The third-order valence-electron chi connectivity index (χ3n) is 2.63. The molecule has 0 aliphatic carbocycles. The summed E-state index contributed by atoms with van der Waals surface area (Å²) in [5.41, 5.74) is 6.16. The molecule has 1 unspecified atom stereocenters. The SMILES string of the molecule is COCCCNC(=O)C(C)OC(=O)c1cc(N)cc(Cl)c1. The topological polar surface area (TPSA) is 90.6 Å². The minimum Gasteiger partial charge on any atom is -0.449 e. The van der Waals surface area contributed by atoms with Crippen molar-refractivity contribution in [2.75, 3.05) is 26.0 Å². The Bertz CT molecular complexity index is 487. The van der Waals surface area contributed by atoms with Gasteiger partial charge in [-0.25, -0.2) is 4.79 Å². The summed E-state index contributed by atoms with van der Waals surface area (Å²) in [6.07, 6.45) is -0.214. The van der Waals surface area contributed by atoms with E-state index < -0.39 is 12.1 Å². The fourth-order valence-corrected chi connectivity index (χ4v) is 1.83. The van der Waals surface area contributed by atoms with Gasteiger partial charge < -0.3 is 20.5 Å². The third kappa shape index (κ3) is 6.01. The zero-order valence-electron chi connectivity index (χ0n) is 12.0. The van der Waals surface area contributed by atoms with Gasteiger partial charge in [0, 0.05) is 31.0 Å². The van der Waals surface area contributed by atoms with Crippen molar-refractivity contribution in [1.82, 2.24) is 5.32 Å². The van der Waals surface area contributed by atoms with Crippen molar-refractivity contribution < 1.29 is 19.1 Å². The van der Waals surface area contributed by atoms with E-state index in [1.807, 2.05) is 0 Å². The van der Waals surface area contributed by atoms with E-state index in [9.17, 15) is 9.59 Å². The number of rotatable bonds is 7. The molecule has 0 spiro atoms. The summed E-state index contributed by atoms with van der Waals surface area (Å²) in [5, 5.41) is 2.98. The number of carbonyl (C=O) groups excluding carboxylic acids is 2. The number of hydrogen-bond acceptors (Lipinski definition) is 5. The lowest BCUT2D eigenvalue weighted by Crippen LogP contribution is -2.36. The predicted molar refractivity (Wildman–Crippen MR) is 80.2 cm³/mol. The van der Waals surface area contributed by atoms with Gasteiger partial charge in [0.2, 0.25) is 0 Å². The van der Waals surface area contributed by atoms with Crippen molar-refractivity contribution in [3.05, 3.63) is 28.8 Å². The first-order chi connectivity index (χ1) is 9.93. The molecule has 1 aromatic rings. The molecule has 0 bridgehead atoms. The van der Waals surface area contributed by atoms with Crippen LogP contribution in [0.25, 0.3) is 0 Å². The number of amides is 1. The van der Waals surface area contributed by atoms with E-state index in [4.69, 9.17) is 26.8 Å². The molecule has 6 nitrogen and oxygen atoms in total. The molecule has 1 aromatic carbocycles. The van der Waals surface area contributed by atoms with Crippen molar-refractivity contribution in [3.8, 4) is 0 Å². The number of ether oxygens (including phenoxy) is 2. The van der Waals surface area contributed by atoms with E-state index in [1.54, 1.807) is 7.11 Å².